The Morgan fingerprint density at radius 3 is 1.25 bits per heavy atom. The summed E-state index contributed by atoms with van der Waals surface area (Å²) in [6, 6.07) is 1.22. The lowest BCUT2D eigenvalue weighted by atomic mass is 10.0. The maximum Gasteiger partial charge on any atom is 0.327 e. The molecular weight excluding hydrogens is 383 g/mol. The van der Waals surface area contributed by atoms with Crippen LogP contribution in [0.15, 0.2) is 0 Å². The maximum atomic E-state index is 12.3. The fourth-order valence-electron chi connectivity index (χ4n) is 3.96. The normalized spacial score (nSPS) is 12.6. The summed E-state index contributed by atoms with van der Waals surface area (Å²) in [4.78, 5) is 0. The molecule has 0 unspecified atom stereocenters. The summed E-state index contributed by atoms with van der Waals surface area (Å²) in [6.07, 6.45) is 22.5. The Labute approximate surface area is 178 Å². The summed E-state index contributed by atoms with van der Waals surface area (Å²) in [5, 5.41) is 0. The fraction of sp³-hybridized carbons (Fsp3) is 1.00. The van der Waals surface area contributed by atoms with E-state index in [1.54, 1.807) is 0 Å². The summed E-state index contributed by atoms with van der Waals surface area (Å²) < 4.78 is 22.6. The first-order chi connectivity index (χ1) is 13.4. The van der Waals surface area contributed by atoms with Crippen molar-refractivity contribution in [3.63, 3.8) is 0 Å². The molecule has 5 heteroatoms. The summed E-state index contributed by atoms with van der Waals surface area (Å²) in [6.45, 7) is 6.90. The van der Waals surface area contributed by atoms with E-state index in [0.717, 1.165) is 0 Å². The van der Waals surface area contributed by atoms with Crippen molar-refractivity contribution in [3.05, 3.63) is 0 Å². The molecule has 0 aliphatic rings. The van der Waals surface area contributed by atoms with Crippen LogP contribution < -0.4 is 0 Å². The van der Waals surface area contributed by atoms with Crippen LogP contribution in [0.4, 0.5) is 0 Å². The van der Waals surface area contributed by atoms with E-state index in [-0.39, 0.29) is 0 Å². The lowest BCUT2D eigenvalue weighted by molar-refractivity contribution is 0.280. The molecule has 0 fully saturated rings. The van der Waals surface area contributed by atoms with Gasteiger partial charge in [0.15, 0.2) is 0 Å². The molecule has 0 aromatic rings. The highest BCUT2D eigenvalue weighted by Gasteiger charge is 2.33. The van der Waals surface area contributed by atoms with Crippen molar-refractivity contribution >= 4 is 15.7 Å². The Hall–Kier alpha value is 0.367. The van der Waals surface area contributed by atoms with Crippen LogP contribution in [0.5, 0.6) is 0 Å². The number of hydrogen-bond acceptors (Lipinski definition) is 3. The van der Waals surface area contributed by atoms with E-state index in [2.05, 4.69) is 20.0 Å². The standard InChI is InChI=1S/C23H51O3PSi/c1-6-7-8-9-10-11-12-13-14-15-16-17-18-19-20-21-22-28(4,5)23-27(24,25-2)26-3/h6-23H2,1-5H3. The fourth-order valence-corrected chi connectivity index (χ4v) is 11.2. The molecule has 0 saturated carbocycles. The Kier molecular flexibility index (Phi) is 18.4. The van der Waals surface area contributed by atoms with Crippen LogP contribution in [0.1, 0.15) is 110 Å². The topological polar surface area (TPSA) is 35.5 Å². The number of hydrogen-bond donors (Lipinski definition) is 0. The highest BCUT2D eigenvalue weighted by molar-refractivity contribution is 7.57. The van der Waals surface area contributed by atoms with Crippen LogP contribution in [-0.4, -0.2) is 28.1 Å². The molecule has 0 atom stereocenters. The molecular formula is C23H51O3PSi. The van der Waals surface area contributed by atoms with Crippen molar-refractivity contribution in [2.75, 3.05) is 20.0 Å². The molecule has 0 aromatic heterocycles. The van der Waals surface area contributed by atoms with Crippen LogP contribution in [0.25, 0.3) is 0 Å². The molecule has 170 valence electrons. The lowest BCUT2D eigenvalue weighted by Gasteiger charge is -2.26. The zero-order chi connectivity index (χ0) is 21.1. The molecule has 3 nitrogen and oxygen atoms in total. The Bertz CT molecular complexity index is 380. The van der Waals surface area contributed by atoms with Crippen LogP contribution in [0, 0.1) is 0 Å². The first-order valence-corrected chi connectivity index (χ1v) is 17.2. The van der Waals surface area contributed by atoms with E-state index in [0.29, 0.717) is 5.79 Å². The van der Waals surface area contributed by atoms with Gasteiger partial charge in [-0.15, -0.1) is 0 Å². The third-order valence-electron chi connectivity index (χ3n) is 5.89. The van der Waals surface area contributed by atoms with Crippen molar-refractivity contribution in [3.8, 4) is 0 Å². The van der Waals surface area contributed by atoms with Crippen molar-refractivity contribution < 1.29 is 13.6 Å². The molecule has 0 N–H and O–H groups in total. The molecule has 0 heterocycles. The summed E-state index contributed by atoms with van der Waals surface area (Å²) in [5.74, 6) is 0.645. The first-order valence-electron chi connectivity index (χ1n) is 12.1. The molecule has 0 aliphatic carbocycles. The average molecular weight is 435 g/mol. The van der Waals surface area contributed by atoms with Gasteiger partial charge in [0.25, 0.3) is 0 Å². The smallest absolute Gasteiger partial charge is 0.312 e. The zero-order valence-electron chi connectivity index (χ0n) is 19.9. The van der Waals surface area contributed by atoms with Gasteiger partial charge >= 0.3 is 7.60 Å². The highest BCUT2D eigenvalue weighted by atomic mass is 31.2. The van der Waals surface area contributed by atoms with Gasteiger partial charge in [0.05, 0.1) is 8.07 Å². The minimum Gasteiger partial charge on any atom is -0.312 e. The second-order valence-corrected chi connectivity index (χ2v) is 17.4. The Morgan fingerprint density at radius 2 is 0.929 bits per heavy atom. The SMILES string of the molecule is CCCCCCCCCCCCCCCCCC[Si](C)(C)CP(=O)(OC)OC. The largest absolute Gasteiger partial charge is 0.327 e. The van der Waals surface area contributed by atoms with E-state index in [4.69, 9.17) is 9.05 Å². The van der Waals surface area contributed by atoms with Gasteiger partial charge in [-0.05, 0) is 0 Å². The molecule has 0 rings (SSSR count). The molecule has 0 saturated heterocycles. The highest BCUT2D eigenvalue weighted by Crippen LogP contribution is 2.49. The van der Waals surface area contributed by atoms with Gasteiger partial charge in [-0.25, -0.2) is 0 Å². The molecule has 0 aromatic carbocycles. The van der Waals surface area contributed by atoms with Crippen LogP contribution in [0.2, 0.25) is 19.1 Å². The molecule has 0 spiro atoms. The molecule has 0 radical (unpaired) electrons. The Morgan fingerprint density at radius 1 is 0.607 bits per heavy atom. The number of rotatable bonds is 21. The van der Waals surface area contributed by atoms with Crippen LogP contribution in [0.3, 0.4) is 0 Å². The van der Waals surface area contributed by atoms with Crippen molar-refractivity contribution in [2.45, 2.75) is 129 Å². The van der Waals surface area contributed by atoms with Crippen molar-refractivity contribution in [1.82, 2.24) is 0 Å². The second-order valence-electron chi connectivity index (χ2n) is 9.35. The quantitative estimate of drug-likeness (QED) is 0.103. The molecule has 0 aliphatic heterocycles. The number of unbranched alkanes of at least 4 members (excludes halogenated alkanes) is 15. The Balaban J connectivity index is 3.40. The first kappa shape index (κ1) is 28.4. The van der Waals surface area contributed by atoms with Crippen molar-refractivity contribution in [2.24, 2.45) is 0 Å². The van der Waals surface area contributed by atoms with Gasteiger partial charge in [-0.3, -0.25) is 4.57 Å². The third-order valence-corrected chi connectivity index (χ3v) is 13.7. The minimum absolute atomic E-state index is 0.645. The predicted molar refractivity (Wildman–Crippen MR) is 128 cm³/mol. The van der Waals surface area contributed by atoms with Gasteiger partial charge in [0.2, 0.25) is 0 Å². The predicted octanol–water partition coefficient (Wildman–Crippen LogP) is 8.98. The van der Waals surface area contributed by atoms with Gasteiger partial charge < -0.3 is 9.05 Å². The molecule has 0 amide bonds. The monoisotopic (exact) mass is 434 g/mol. The summed E-state index contributed by atoms with van der Waals surface area (Å²) >= 11 is 0. The maximum absolute atomic E-state index is 12.3. The van der Waals surface area contributed by atoms with E-state index in [1.807, 2.05) is 0 Å². The molecule has 28 heavy (non-hydrogen) atoms. The summed E-state index contributed by atoms with van der Waals surface area (Å²) in [5.41, 5.74) is 0. The third kappa shape index (κ3) is 17.2. The van der Waals surface area contributed by atoms with Gasteiger partial charge in [-0.1, -0.05) is 129 Å². The van der Waals surface area contributed by atoms with Gasteiger partial charge in [0, 0.05) is 20.0 Å². The van der Waals surface area contributed by atoms with E-state index in [9.17, 15) is 4.57 Å². The van der Waals surface area contributed by atoms with Crippen molar-refractivity contribution in [1.29, 1.82) is 0 Å². The summed E-state index contributed by atoms with van der Waals surface area (Å²) in [7, 11) is -1.33. The van der Waals surface area contributed by atoms with E-state index < -0.39 is 15.7 Å². The average Bonchev–Trinajstić information content (AvgIpc) is 2.67. The van der Waals surface area contributed by atoms with Crippen LogP contribution in [-0.2, 0) is 13.6 Å². The lowest BCUT2D eigenvalue weighted by Crippen LogP contribution is -2.31. The molecule has 0 bridgehead atoms. The van der Waals surface area contributed by atoms with Crippen LogP contribution >= 0.6 is 7.60 Å². The second kappa shape index (κ2) is 18.2. The van der Waals surface area contributed by atoms with E-state index in [1.165, 1.54) is 123 Å². The van der Waals surface area contributed by atoms with Gasteiger partial charge in [0.1, 0.15) is 0 Å². The zero-order valence-corrected chi connectivity index (χ0v) is 21.8. The van der Waals surface area contributed by atoms with Gasteiger partial charge in [-0.2, -0.15) is 0 Å². The van der Waals surface area contributed by atoms with E-state index >= 15 is 0 Å². The minimum atomic E-state index is -2.83.